The van der Waals surface area contributed by atoms with Gasteiger partial charge in [-0.05, 0) is 19.8 Å². The van der Waals surface area contributed by atoms with Crippen molar-refractivity contribution in [1.82, 2.24) is 15.1 Å². The largest absolute Gasteiger partial charge is 0.348 e. The zero-order valence-corrected chi connectivity index (χ0v) is 11.0. The third kappa shape index (κ3) is 2.63. The summed E-state index contributed by atoms with van der Waals surface area (Å²) < 4.78 is 1.70. The molecule has 4 nitrogen and oxygen atoms in total. The highest BCUT2D eigenvalue weighted by Crippen LogP contribution is 2.23. The fraction of sp³-hybridized carbons (Fsp3) is 0.667. The van der Waals surface area contributed by atoms with Gasteiger partial charge in [-0.3, -0.25) is 9.48 Å². The number of alkyl halides is 1. The van der Waals surface area contributed by atoms with Crippen LogP contribution in [0.1, 0.15) is 41.7 Å². The van der Waals surface area contributed by atoms with Gasteiger partial charge in [0.05, 0.1) is 17.1 Å². The predicted molar refractivity (Wildman–Crippen MR) is 67.3 cm³/mol. The van der Waals surface area contributed by atoms with Gasteiger partial charge in [0.15, 0.2) is 0 Å². The zero-order chi connectivity index (χ0) is 12.4. The van der Waals surface area contributed by atoms with E-state index in [2.05, 4.69) is 10.4 Å². The van der Waals surface area contributed by atoms with E-state index in [1.165, 1.54) is 0 Å². The van der Waals surface area contributed by atoms with Crippen LogP contribution in [0.5, 0.6) is 0 Å². The summed E-state index contributed by atoms with van der Waals surface area (Å²) in [5.41, 5.74) is 1.52. The Morgan fingerprint density at radius 1 is 1.53 bits per heavy atom. The molecule has 94 valence electrons. The molecule has 1 aliphatic rings. The summed E-state index contributed by atoms with van der Waals surface area (Å²) >= 11 is 6.22. The van der Waals surface area contributed by atoms with E-state index in [1.807, 2.05) is 14.0 Å². The number of rotatable bonds is 2. The van der Waals surface area contributed by atoms with Crippen molar-refractivity contribution in [3.05, 3.63) is 17.5 Å². The first-order valence-electron chi connectivity index (χ1n) is 6.03. The van der Waals surface area contributed by atoms with Gasteiger partial charge in [0, 0.05) is 18.8 Å². The van der Waals surface area contributed by atoms with Crippen molar-refractivity contribution >= 4 is 17.5 Å². The number of aromatic nitrogens is 2. The lowest BCUT2D eigenvalue weighted by atomic mass is 9.94. The second-order valence-corrected chi connectivity index (χ2v) is 5.21. The van der Waals surface area contributed by atoms with Gasteiger partial charge in [0.25, 0.3) is 5.91 Å². The van der Waals surface area contributed by atoms with E-state index in [9.17, 15) is 4.79 Å². The van der Waals surface area contributed by atoms with Gasteiger partial charge < -0.3 is 5.32 Å². The number of nitrogens with zero attached hydrogens (tertiary/aromatic N) is 2. The minimum Gasteiger partial charge on any atom is -0.348 e. The minimum atomic E-state index is -0.0619. The summed E-state index contributed by atoms with van der Waals surface area (Å²) in [5, 5.41) is 7.15. The number of hydrogen-bond donors (Lipinski definition) is 1. The third-order valence-electron chi connectivity index (χ3n) is 3.48. The van der Waals surface area contributed by atoms with Gasteiger partial charge in [-0.25, -0.2) is 0 Å². The van der Waals surface area contributed by atoms with Crippen molar-refractivity contribution in [3.63, 3.8) is 0 Å². The second-order valence-electron chi connectivity index (χ2n) is 4.65. The molecule has 0 radical (unpaired) electrons. The summed E-state index contributed by atoms with van der Waals surface area (Å²) in [6.07, 6.45) is 5.86. The second kappa shape index (κ2) is 5.08. The number of halogens is 1. The van der Waals surface area contributed by atoms with Gasteiger partial charge >= 0.3 is 0 Å². The van der Waals surface area contributed by atoms with Crippen LogP contribution in [0.4, 0.5) is 0 Å². The Labute approximate surface area is 106 Å². The van der Waals surface area contributed by atoms with Crippen LogP contribution < -0.4 is 5.32 Å². The van der Waals surface area contributed by atoms with Crippen LogP contribution in [0.3, 0.4) is 0 Å². The SMILES string of the molecule is Cc1c(C(=O)NC2CCCCC2Cl)cnn1C. The topological polar surface area (TPSA) is 46.9 Å². The lowest BCUT2D eigenvalue weighted by Crippen LogP contribution is -2.42. The summed E-state index contributed by atoms with van der Waals surface area (Å²) in [6.45, 7) is 1.89. The van der Waals surface area contributed by atoms with E-state index < -0.39 is 0 Å². The molecule has 1 saturated carbocycles. The van der Waals surface area contributed by atoms with E-state index in [1.54, 1.807) is 10.9 Å². The smallest absolute Gasteiger partial charge is 0.255 e. The van der Waals surface area contributed by atoms with Crippen molar-refractivity contribution in [1.29, 1.82) is 0 Å². The van der Waals surface area contributed by atoms with Crippen LogP contribution in [-0.4, -0.2) is 27.1 Å². The number of carbonyl (C=O) groups is 1. The van der Waals surface area contributed by atoms with Crippen molar-refractivity contribution in [2.24, 2.45) is 7.05 Å². The van der Waals surface area contributed by atoms with Crippen molar-refractivity contribution in [3.8, 4) is 0 Å². The molecule has 1 aromatic rings. The van der Waals surface area contributed by atoms with Gasteiger partial charge in [-0.1, -0.05) is 12.8 Å². The molecule has 1 amide bonds. The van der Waals surface area contributed by atoms with Crippen LogP contribution in [-0.2, 0) is 7.05 Å². The Kier molecular flexibility index (Phi) is 3.72. The number of aryl methyl sites for hydroxylation is 1. The first-order chi connectivity index (χ1) is 8.09. The molecule has 0 bridgehead atoms. The maximum absolute atomic E-state index is 12.1. The van der Waals surface area contributed by atoms with E-state index in [-0.39, 0.29) is 17.3 Å². The molecular formula is C12H18ClN3O. The normalized spacial score (nSPS) is 24.6. The summed E-state index contributed by atoms with van der Waals surface area (Å²) in [5.74, 6) is -0.0619. The molecule has 1 heterocycles. The number of hydrogen-bond acceptors (Lipinski definition) is 2. The molecule has 2 atom stereocenters. The van der Waals surface area contributed by atoms with Gasteiger partial charge in [0.1, 0.15) is 0 Å². The average Bonchev–Trinajstić information content (AvgIpc) is 2.63. The molecule has 0 saturated heterocycles. The molecule has 0 spiro atoms. The number of nitrogens with one attached hydrogen (secondary N) is 1. The molecule has 1 fully saturated rings. The molecule has 1 N–H and O–H groups in total. The van der Waals surface area contributed by atoms with Crippen molar-refractivity contribution in [2.75, 3.05) is 0 Å². The van der Waals surface area contributed by atoms with Gasteiger partial charge in [-0.15, -0.1) is 11.6 Å². The van der Waals surface area contributed by atoms with E-state index in [0.29, 0.717) is 5.56 Å². The van der Waals surface area contributed by atoms with E-state index in [0.717, 1.165) is 31.4 Å². The Morgan fingerprint density at radius 2 is 2.24 bits per heavy atom. The fourth-order valence-electron chi connectivity index (χ4n) is 2.22. The van der Waals surface area contributed by atoms with Gasteiger partial charge in [0.2, 0.25) is 0 Å². The molecule has 17 heavy (non-hydrogen) atoms. The quantitative estimate of drug-likeness (QED) is 0.822. The monoisotopic (exact) mass is 255 g/mol. The van der Waals surface area contributed by atoms with Gasteiger partial charge in [-0.2, -0.15) is 5.10 Å². The highest BCUT2D eigenvalue weighted by molar-refractivity contribution is 6.21. The molecule has 2 rings (SSSR count). The minimum absolute atomic E-state index is 0.0599. The first kappa shape index (κ1) is 12.4. The summed E-state index contributed by atoms with van der Waals surface area (Å²) in [6, 6.07) is 0.0949. The third-order valence-corrected chi connectivity index (χ3v) is 4.00. The Bertz CT molecular complexity index is 416. The maximum Gasteiger partial charge on any atom is 0.255 e. The lowest BCUT2D eigenvalue weighted by molar-refractivity contribution is 0.0928. The molecule has 2 unspecified atom stereocenters. The van der Waals surface area contributed by atoms with E-state index in [4.69, 9.17) is 11.6 Å². The highest BCUT2D eigenvalue weighted by Gasteiger charge is 2.25. The molecular weight excluding hydrogens is 238 g/mol. The van der Waals surface area contributed by atoms with Crippen molar-refractivity contribution in [2.45, 2.75) is 44.0 Å². The Morgan fingerprint density at radius 3 is 2.82 bits per heavy atom. The zero-order valence-electron chi connectivity index (χ0n) is 10.2. The molecule has 0 aliphatic heterocycles. The Hall–Kier alpha value is -1.03. The Balaban J connectivity index is 2.03. The first-order valence-corrected chi connectivity index (χ1v) is 6.46. The van der Waals surface area contributed by atoms with E-state index >= 15 is 0 Å². The number of amides is 1. The molecule has 1 aromatic heterocycles. The van der Waals surface area contributed by atoms with Crippen LogP contribution in [0, 0.1) is 6.92 Å². The van der Waals surface area contributed by atoms with Crippen LogP contribution in [0.2, 0.25) is 0 Å². The average molecular weight is 256 g/mol. The van der Waals surface area contributed by atoms with Crippen molar-refractivity contribution < 1.29 is 4.79 Å². The summed E-state index contributed by atoms with van der Waals surface area (Å²) in [7, 11) is 1.83. The van der Waals surface area contributed by atoms with Crippen LogP contribution in [0.25, 0.3) is 0 Å². The van der Waals surface area contributed by atoms with Crippen LogP contribution >= 0.6 is 11.6 Å². The molecule has 5 heteroatoms. The maximum atomic E-state index is 12.1. The summed E-state index contributed by atoms with van der Waals surface area (Å²) in [4.78, 5) is 12.1. The predicted octanol–water partition coefficient (Wildman–Crippen LogP) is 2.01. The highest BCUT2D eigenvalue weighted by atomic mass is 35.5. The lowest BCUT2D eigenvalue weighted by Gasteiger charge is -2.27. The fourth-order valence-corrected chi connectivity index (χ4v) is 2.56. The standard InChI is InChI=1S/C12H18ClN3O/c1-8-9(7-14-16(8)2)12(17)15-11-6-4-3-5-10(11)13/h7,10-11H,3-6H2,1-2H3,(H,15,17). The molecule has 1 aliphatic carbocycles. The number of carbonyl (C=O) groups excluding carboxylic acids is 1. The molecule has 0 aromatic carbocycles. The van der Waals surface area contributed by atoms with Crippen LogP contribution in [0.15, 0.2) is 6.20 Å².